The van der Waals surface area contributed by atoms with Gasteiger partial charge >= 0.3 is 0 Å². The lowest BCUT2D eigenvalue weighted by Crippen LogP contribution is -2.28. The summed E-state index contributed by atoms with van der Waals surface area (Å²) in [6.07, 6.45) is 6.48. The zero-order valence-corrected chi connectivity index (χ0v) is 14.4. The van der Waals surface area contributed by atoms with Gasteiger partial charge in [0.15, 0.2) is 6.20 Å². The number of benzene rings is 3. The molecule has 0 aliphatic heterocycles. The number of ether oxygens (including phenoxy) is 1. The van der Waals surface area contributed by atoms with Crippen LogP contribution in [0.2, 0.25) is 0 Å². The van der Waals surface area contributed by atoms with E-state index >= 15 is 0 Å². The summed E-state index contributed by atoms with van der Waals surface area (Å²) in [7, 11) is 3.79. The molecule has 122 valence electrons. The number of nitrogens with zero attached hydrogens (tertiary/aromatic N) is 1. The lowest BCUT2D eigenvalue weighted by Gasteiger charge is -2.08. The van der Waals surface area contributed by atoms with Gasteiger partial charge in [0, 0.05) is 17.5 Å². The number of pyridine rings is 1. The summed E-state index contributed by atoms with van der Waals surface area (Å²) >= 11 is 0. The van der Waals surface area contributed by atoms with Gasteiger partial charge in [-0.2, -0.15) is 0 Å². The summed E-state index contributed by atoms with van der Waals surface area (Å²) in [5.41, 5.74) is 3.63. The molecular formula is C23H20NO+. The molecule has 4 aromatic rings. The minimum Gasteiger partial charge on any atom is -0.496 e. The molecule has 0 N–H and O–H groups in total. The summed E-state index contributed by atoms with van der Waals surface area (Å²) in [5, 5.41) is 3.59. The Morgan fingerprint density at radius 2 is 1.36 bits per heavy atom. The van der Waals surface area contributed by atoms with E-state index < -0.39 is 0 Å². The zero-order valence-electron chi connectivity index (χ0n) is 14.4. The highest BCUT2D eigenvalue weighted by molar-refractivity contribution is 5.98. The summed E-state index contributed by atoms with van der Waals surface area (Å²) in [4.78, 5) is 0. The third-order valence-corrected chi connectivity index (χ3v) is 4.65. The van der Waals surface area contributed by atoms with Crippen LogP contribution in [0.15, 0.2) is 72.9 Å². The van der Waals surface area contributed by atoms with Crippen molar-refractivity contribution in [2.45, 2.75) is 0 Å². The van der Waals surface area contributed by atoms with Crippen molar-refractivity contribution in [1.29, 1.82) is 0 Å². The quantitative estimate of drug-likeness (QED) is 0.483. The first-order chi connectivity index (χ1) is 12.3. The Balaban J connectivity index is 1.84. The van der Waals surface area contributed by atoms with E-state index in [2.05, 4.69) is 84.6 Å². The zero-order chi connectivity index (χ0) is 17.2. The van der Waals surface area contributed by atoms with Crippen molar-refractivity contribution in [2.24, 2.45) is 7.05 Å². The first-order valence-corrected chi connectivity index (χ1v) is 8.39. The van der Waals surface area contributed by atoms with Gasteiger partial charge in [-0.3, -0.25) is 0 Å². The molecule has 0 unspecified atom stereocenters. The molecule has 2 nitrogen and oxygen atoms in total. The molecule has 0 aliphatic rings. The molecule has 0 amide bonds. The average molecular weight is 326 g/mol. The fourth-order valence-electron chi connectivity index (χ4n) is 3.33. The summed E-state index contributed by atoms with van der Waals surface area (Å²) < 4.78 is 7.64. The van der Waals surface area contributed by atoms with Crippen LogP contribution in [0.5, 0.6) is 5.75 Å². The van der Waals surface area contributed by atoms with Crippen molar-refractivity contribution in [1.82, 2.24) is 0 Å². The molecule has 4 rings (SSSR count). The van der Waals surface area contributed by atoms with E-state index in [4.69, 9.17) is 4.74 Å². The van der Waals surface area contributed by atoms with E-state index in [1.807, 2.05) is 12.1 Å². The second kappa shape index (κ2) is 6.40. The minimum absolute atomic E-state index is 0.907. The number of rotatable bonds is 3. The molecule has 3 aromatic carbocycles. The van der Waals surface area contributed by atoms with Crippen LogP contribution < -0.4 is 9.30 Å². The van der Waals surface area contributed by atoms with Crippen LogP contribution >= 0.6 is 0 Å². The second-order valence-corrected chi connectivity index (χ2v) is 6.14. The van der Waals surface area contributed by atoms with Gasteiger partial charge in [-0.15, -0.1) is 0 Å². The number of para-hydroxylation sites is 1. The van der Waals surface area contributed by atoms with E-state index in [-0.39, 0.29) is 0 Å². The molecule has 1 aromatic heterocycles. The van der Waals surface area contributed by atoms with Gasteiger partial charge in [-0.05, 0) is 28.6 Å². The maximum absolute atomic E-state index is 5.49. The fourth-order valence-corrected chi connectivity index (χ4v) is 3.33. The van der Waals surface area contributed by atoms with Crippen LogP contribution in [-0.2, 0) is 7.05 Å². The van der Waals surface area contributed by atoms with Crippen molar-refractivity contribution in [3.05, 3.63) is 84.1 Å². The lowest BCUT2D eigenvalue weighted by atomic mass is 10.0. The van der Waals surface area contributed by atoms with Crippen LogP contribution in [-0.4, -0.2) is 7.11 Å². The highest BCUT2D eigenvalue weighted by atomic mass is 16.5. The van der Waals surface area contributed by atoms with Crippen molar-refractivity contribution >= 4 is 33.8 Å². The Hall–Kier alpha value is -3.13. The van der Waals surface area contributed by atoms with Crippen LogP contribution in [0.4, 0.5) is 0 Å². The number of methoxy groups -OCH3 is 1. The van der Waals surface area contributed by atoms with Gasteiger partial charge < -0.3 is 4.74 Å². The van der Waals surface area contributed by atoms with E-state index in [1.54, 1.807) is 7.11 Å². The number of fused-ring (bicyclic) bond motifs is 2. The lowest BCUT2D eigenvalue weighted by molar-refractivity contribution is -0.644. The predicted molar refractivity (Wildman–Crippen MR) is 105 cm³/mol. The fraction of sp³-hybridized carbons (Fsp3) is 0.0870. The Morgan fingerprint density at radius 3 is 2.12 bits per heavy atom. The smallest absolute Gasteiger partial charge is 0.212 e. The molecule has 1 heterocycles. The molecule has 2 heteroatoms. The maximum Gasteiger partial charge on any atom is 0.212 e. The molecule has 0 saturated carbocycles. The standard InChI is InChI=1S/C23H20NO/c1-24-16-15-18(20-8-5-6-10-22(20)24)12-11-17-13-14-23(25-2)21-9-4-3-7-19(17)21/h3-16H,1-2H3/q+1. The summed E-state index contributed by atoms with van der Waals surface area (Å²) in [5.74, 6) is 0.907. The number of aryl methyl sites for hydroxylation is 1. The third kappa shape index (κ3) is 2.76. The van der Waals surface area contributed by atoms with Gasteiger partial charge in [0.1, 0.15) is 12.8 Å². The normalized spacial score (nSPS) is 11.4. The van der Waals surface area contributed by atoms with Gasteiger partial charge in [0.2, 0.25) is 5.52 Å². The van der Waals surface area contributed by atoms with E-state index in [0.717, 1.165) is 11.1 Å². The SMILES string of the molecule is COc1ccc(C=Cc2cc[n+](C)c3ccccc23)c2ccccc12. The van der Waals surface area contributed by atoms with Crippen molar-refractivity contribution < 1.29 is 9.30 Å². The monoisotopic (exact) mass is 326 g/mol. The number of aromatic nitrogens is 1. The first kappa shape index (κ1) is 15.4. The molecule has 0 atom stereocenters. The highest BCUT2D eigenvalue weighted by Crippen LogP contribution is 2.29. The molecule has 0 bridgehead atoms. The number of hydrogen-bond acceptors (Lipinski definition) is 1. The second-order valence-electron chi connectivity index (χ2n) is 6.14. The van der Waals surface area contributed by atoms with Crippen molar-refractivity contribution in [3.63, 3.8) is 0 Å². The van der Waals surface area contributed by atoms with Crippen LogP contribution in [0.25, 0.3) is 33.8 Å². The Bertz CT molecular complexity index is 1100. The maximum atomic E-state index is 5.49. The van der Waals surface area contributed by atoms with Gasteiger partial charge in [-0.1, -0.05) is 54.6 Å². The van der Waals surface area contributed by atoms with Crippen molar-refractivity contribution in [2.75, 3.05) is 7.11 Å². The highest BCUT2D eigenvalue weighted by Gasteiger charge is 2.07. The minimum atomic E-state index is 0.907. The number of hydrogen-bond donors (Lipinski definition) is 0. The topological polar surface area (TPSA) is 13.1 Å². The molecule has 0 spiro atoms. The molecule has 25 heavy (non-hydrogen) atoms. The Labute approximate surface area is 147 Å². The van der Waals surface area contributed by atoms with E-state index in [9.17, 15) is 0 Å². The third-order valence-electron chi connectivity index (χ3n) is 4.65. The first-order valence-electron chi connectivity index (χ1n) is 8.39. The van der Waals surface area contributed by atoms with Crippen LogP contribution in [0, 0.1) is 0 Å². The average Bonchev–Trinajstić information content (AvgIpc) is 2.67. The summed E-state index contributed by atoms with van der Waals surface area (Å²) in [6.45, 7) is 0. The van der Waals surface area contributed by atoms with Gasteiger partial charge in [0.25, 0.3) is 0 Å². The molecule has 0 aliphatic carbocycles. The van der Waals surface area contributed by atoms with E-state index in [0.29, 0.717) is 0 Å². The largest absolute Gasteiger partial charge is 0.496 e. The van der Waals surface area contributed by atoms with Gasteiger partial charge in [-0.25, -0.2) is 4.57 Å². The van der Waals surface area contributed by atoms with Gasteiger partial charge in [0.05, 0.1) is 12.5 Å². The molecule has 0 saturated heterocycles. The van der Waals surface area contributed by atoms with E-state index in [1.165, 1.54) is 27.4 Å². The molecular weight excluding hydrogens is 306 g/mol. The predicted octanol–water partition coefficient (Wildman–Crippen LogP) is 5.00. The van der Waals surface area contributed by atoms with Crippen molar-refractivity contribution in [3.8, 4) is 5.75 Å². The molecule has 0 fully saturated rings. The molecule has 0 radical (unpaired) electrons. The summed E-state index contributed by atoms with van der Waals surface area (Å²) in [6, 6.07) is 23.1. The van der Waals surface area contributed by atoms with Crippen LogP contribution in [0.1, 0.15) is 11.1 Å². The Kier molecular flexibility index (Phi) is 3.95. The Morgan fingerprint density at radius 1 is 0.720 bits per heavy atom. The van der Waals surface area contributed by atoms with Crippen LogP contribution in [0.3, 0.4) is 0 Å².